The van der Waals surface area contributed by atoms with Crippen molar-refractivity contribution >= 4 is 0 Å². The Morgan fingerprint density at radius 3 is 2.39 bits per heavy atom. The highest BCUT2D eigenvalue weighted by molar-refractivity contribution is 5.21. The smallest absolute Gasteiger partial charge is 0.119 e. The predicted octanol–water partition coefficient (Wildman–Crippen LogP) is 5.37. The van der Waals surface area contributed by atoms with Crippen LogP contribution < -0.4 is 4.74 Å². The minimum Gasteiger partial charge on any atom is -0.490 e. The minimum atomic E-state index is 0.680. The summed E-state index contributed by atoms with van der Waals surface area (Å²) in [6.07, 6.45) is 13.7. The van der Waals surface area contributed by atoms with Gasteiger partial charge < -0.3 is 4.74 Å². The number of hydrogen-bond acceptors (Lipinski definition) is 1. The van der Waals surface area contributed by atoms with Crippen LogP contribution in [0.5, 0.6) is 5.75 Å². The first-order valence-electron chi connectivity index (χ1n) is 7.26. The zero-order chi connectivity index (χ0) is 12.9. The molecule has 100 valence electrons. The molecule has 0 saturated heterocycles. The molecule has 0 fully saturated rings. The lowest BCUT2D eigenvalue weighted by molar-refractivity contribution is 0.362. The quantitative estimate of drug-likeness (QED) is 0.398. The molecule has 1 nitrogen and oxygen atoms in total. The normalized spacial score (nSPS) is 10.9. The van der Waals surface area contributed by atoms with Gasteiger partial charge in [0.15, 0.2) is 0 Å². The first-order chi connectivity index (χ1) is 8.93. The molecule has 18 heavy (non-hydrogen) atoms. The topological polar surface area (TPSA) is 9.23 Å². The van der Waals surface area contributed by atoms with Gasteiger partial charge in [0.1, 0.15) is 12.4 Å². The molecule has 0 aliphatic heterocycles. The van der Waals surface area contributed by atoms with Crippen LogP contribution in [0.1, 0.15) is 51.9 Å². The number of allylic oxidation sites excluding steroid dienone is 1. The molecular formula is C17H26O. The zero-order valence-corrected chi connectivity index (χ0v) is 11.6. The van der Waals surface area contributed by atoms with Crippen LogP contribution in [-0.4, -0.2) is 6.61 Å². The summed E-state index contributed by atoms with van der Waals surface area (Å²) in [5, 5.41) is 0. The van der Waals surface area contributed by atoms with Crippen LogP contribution in [-0.2, 0) is 0 Å². The number of hydrogen-bond donors (Lipinski definition) is 0. The highest BCUT2D eigenvalue weighted by atomic mass is 16.5. The molecule has 0 aliphatic rings. The monoisotopic (exact) mass is 246 g/mol. The number of ether oxygens (including phenoxy) is 1. The fourth-order valence-corrected chi connectivity index (χ4v) is 1.89. The van der Waals surface area contributed by atoms with E-state index in [0.717, 1.165) is 5.75 Å². The van der Waals surface area contributed by atoms with Crippen LogP contribution in [0.4, 0.5) is 0 Å². The van der Waals surface area contributed by atoms with Crippen molar-refractivity contribution in [2.45, 2.75) is 51.9 Å². The molecule has 0 aromatic heterocycles. The summed E-state index contributed by atoms with van der Waals surface area (Å²) in [5.74, 6) is 0.946. The van der Waals surface area contributed by atoms with Crippen LogP contribution in [0.25, 0.3) is 0 Å². The lowest BCUT2D eigenvalue weighted by atomic mass is 10.1. The average molecular weight is 246 g/mol. The van der Waals surface area contributed by atoms with E-state index in [1.165, 1.54) is 44.9 Å². The molecule has 1 aromatic carbocycles. The van der Waals surface area contributed by atoms with Crippen LogP contribution in [0, 0.1) is 0 Å². The Morgan fingerprint density at radius 2 is 1.61 bits per heavy atom. The number of para-hydroxylation sites is 1. The predicted molar refractivity (Wildman–Crippen MR) is 79.1 cm³/mol. The summed E-state index contributed by atoms with van der Waals surface area (Å²) < 4.78 is 5.58. The second kappa shape index (κ2) is 10.9. The molecule has 0 heterocycles. The van der Waals surface area contributed by atoms with Crippen molar-refractivity contribution in [3.05, 3.63) is 42.5 Å². The third-order valence-electron chi connectivity index (χ3n) is 2.98. The fraction of sp³-hybridized carbons (Fsp3) is 0.529. The van der Waals surface area contributed by atoms with Gasteiger partial charge in [-0.15, -0.1) is 0 Å². The number of benzene rings is 1. The second-order valence-corrected chi connectivity index (χ2v) is 4.65. The Kier molecular flexibility index (Phi) is 8.96. The van der Waals surface area contributed by atoms with Gasteiger partial charge in [0.2, 0.25) is 0 Å². The average Bonchev–Trinajstić information content (AvgIpc) is 2.42. The van der Waals surface area contributed by atoms with E-state index in [-0.39, 0.29) is 0 Å². The van der Waals surface area contributed by atoms with E-state index in [0.29, 0.717) is 6.61 Å². The van der Waals surface area contributed by atoms with E-state index >= 15 is 0 Å². The molecule has 0 amide bonds. The third-order valence-corrected chi connectivity index (χ3v) is 2.98. The van der Waals surface area contributed by atoms with Gasteiger partial charge in [-0.05, 0) is 25.0 Å². The van der Waals surface area contributed by atoms with E-state index < -0.39 is 0 Å². The van der Waals surface area contributed by atoms with Gasteiger partial charge >= 0.3 is 0 Å². The lowest BCUT2D eigenvalue weighted by Gasteiger charge is -2.01. The maximum atomic E-state index is 5.58. The standard InChI is InChI=1S/C17H26O/c1-2-3-4-5-6-7-8-9-13-16-18-17-14-11-10-12-15-17/h9-15H,2-8,16H2,1H3/b13-9+. The van der Waals surface area contributed by atoms with E-state index in [2.05, 4.69) is 19.1 Å². The fourth-order valence-electron chi connectivity index (χ4n) is 1.89. The molecule has 1 aromatic rings. The van der Waals surface area contributed by atoms with Gasteiger partial charge in [0.25, 0.3) is 0 Å². The molecule has 0 radical (unpaired) electrons. The minimum absolute atomic E-state index is 0.680. The van der Waals surface area contributed by atoms with E-state index in [1.54, 1.807) is 0 Å². The van der Waals surface area contributed by atoms with Crippen molar-refractivity contribution in [1.82, 2.24) is 0 Å². The summed E-state index contributed by atoms with van der Waals surface area (Å²) in [6.45, 7) is 2.94. The van der Waals surface area contributed by atoms with Crippen molar-refractivity contribution < 1.29 is 4.74 Å². The molecule has 0 aliphatic carbocycles. The van der Waals surface area contributed by atoms with Gasteiger partial charge in [0, 0.05) is 0 Å². The zero-order valence-electron chi connectivity index (χ0n) is 11.6. The Balaban J connectivity index is 1.92. The molecule has 0 saturated carbocycles. The molecule has 0 atom stereocenters. The lowest BCUT2D eigenvalue weighted by Crippen LogP contribution is -1.92. The highest BCUT2D eigenvalue weighted by Crippen LogP contribution is 2.09. The second-order valence-electron chi connectivity index (χ2n) is 4.65. The summed E-state index contributed by atoms with van der Waals surface area (Å²) >= 11 is 0. The Bertz CT molecular complexity index is 303. The molecule has 1 heteroatoms. The Labute approximate surface area is 112 Å². The molecule has 0 N–H and O–H groups in total. The van der Waals surface area contributed by atoms with Crippen molar-refractivity contribution in [3.8, 4) is 5.75 Å². The van der Waals surface area contributed by atoms with E-state index in [4.69, 9.17) is 4.74 Å². The Hall–Kier alpha value is -1.24. The first-order valence-corrected chi connectivity index (χ1v) is 7.26. The first kappa shape index (κ1) is 14.8. The van der Waals surface area contributed by atoms with Crippen molar-refractivity contribution in [2.75, 3.05) is 6.61 Å². The van der Waals surface area contributed by atoms with Crippen LogP contribution in [0.2, 0.25) is 0 Å². The van der Waals surface area contributed by atoms with Gasteiger partial charge in [-0.2, -0.15) is 0 Å². The molecule has 1 rings (SSSR count). The third kappa shape index (κ3) is 7.94. The largest absolute Gasteiger partial charge is 0.490 e. The number of rotatable bonds is 10. The summed E-state index contributed by atoms with van der Waals surface area (Å²) in [4.78, 5) is 0. The summed E-state index contributed by atoms with van der Waals surface area (Å²) in [7, 11) is 0. The Morgan fingerprint density at radius 1 is 0.889 bits per heavy atom. The molecule has 0 unspecified atom stereocenters. The van der Waals surface area contributed by atoms with Crippen molar-refractivity contribution in [3.63, 3.8) is 0 Å². The van der Waals surface area contributed by atoms with E-state index in [9.17, 15) is 0 Å². The maximum absolute atomic E-state index is 5.58. The van der Waals surface area contributed by atoms with Gasteiger partial charge in [0.05, 0.1) is 0 Å². The highest BCUT2D eigenvalue weighted by Gasteiger charge is 1.89. The van der Waals surface area contributed by atoms with Gasteiger partial charge in [-0.1, -0.05) is 69.4 Å². The van der Waals surface area contributed by atoms with Crippen molar-refractivity contribution in [1.29, 1.82) is 0 Å². The van der Waals surface area contributed by atoms with Crippen molar-refractivity contribution in [2.24, 2.45) is 0 Å². The van der Waals surface area contributed by atoms with Crippen LogP contribution in [0.3, 0.4) is 0 Å². The summed E-state index contributed by atoms with van der Waals surface area (Å²) in [5.41, 5.74) is 0. The van der Waals surface area contributed by atoms with Crippen LogP contribution >= 0.6 is 0 Å². The SMILES string of the molecule is CCCCCCCC/C=C/COc1ccccc1. The van der Waals surface area contributed by atoms with Gasteiger partial charge in [-0.25, -0.2) is 0 Å². The van der Waals surface area contributed by atoms with E-state index in [1.807, 2.05) is 30.3 Å². The maximum Gasteiger partial charge on any atom is 0.119 e. The molecule has 0 bridgehead atoms. The number of unbranched alkanes of at least 4 members (excludes halogenated alkanes) is 6. The van der Waals surface area contributed by atoms with Crippen LogP contribution in [0.15, 0.2) is 42.5 Å². The van der Waals surface area contributed by atoms with Gasteiger partial charge in [-0.3, -0.25) is 0 Å². The molecule has 0 spiro atoms. The molecular weight excluding hydrogens is 220 g/mol. The summed E-state index contributed by atoms with van der Waals surface area (Å²) in [6, 6.07) is 9.97.